The maximum absolute atomic E-state index is 12.2. The number of aromatic nitrogens is 1. The van der Waals surface area contributed by atoms with Gasteiger partial charge in [-0.3, -0.25) is 4.79 Å². The minimum atomic E-state index is -2.84. The Bertz CT molecular complexity index is 901. The van der Waals surface area contributed by atoms with Crippen molar-refractivity contribution in [1.82, 2.24) is 9.47 Å². The average Bonchev–Trinajstić information content (AvgIpc) is 2.64. The quantitative estimate of drug-likeness (QED) is 0.814. The Morgan fingerprint density at radius 1 is 1.15 bits per heavy atom. The number of ether oxygens (including phenoxy) is 1. The van der Waals surface area contributed by atoms with Crippen molar-refractivity contribution in [2.45, 2.75) is 25.5 Å². The van der Waals surface area contributed by atoms with Gasteiger partial charge >= 0.3 is 6.61 Å². The second-order valence-electron chi connectivity index (χ2n) is 6.94. The van der Waals surface area contributed by atoms with E-state index in [9.17, 15) is 13.6 Å². The third-order valence-electron chi connectivity index (χ3n) is 5.10. The van der Waals surface area contributed by atoms with E-state index in [-0.39, 0.29) is 17.2 Å². The Hall–Kier alpha value is -2.48. The highest BCUT2D eigenvalue weighted by Gasteiger charge is 2.35. The van der Waals surface area contributed by atoms with E-state index in [1.165, 1.54) is 12.1 Å². The first-order valence-corrected chi connectivity index (χ1v) is 9.21. The predicted molar refractivity (Wildman–Crippen MR) is 102 cm³/mol. The summed E-state index contributed by atoms with van der Waals surface area (Å²) in [6, 6.07) is 11.7. The van der Waals surface area contributed by atoms with Crippen molar-refractivity contribution < 1.29 is 13.5 Å². The number of piperidine rings is 1. The number of hydrogen-bond donors (Lipinski definition) is 1. The molecular formula is C19H19F2N3O2S. The van der Waals surface area contributed by atoms with Crippen LogP contribution in [0.15, 0.2) is 47.3 Å². The van der Waals surface area contributed by atoms with Gasteiger partial charge in [0.25, 0.3) is 5.56 Å². The van der Waals surface area contributed by atoms with E-state index in [4.69, 9.17) is 12.2 Å². The molecule has 8 heteroatoms. The molecule has 2 bridgehead atoms. The van der Waals surface area contributed by atoms with E-state index in [0.717, 1.165) is 25.2 Å². The summed E-state index contributed by atoms with van der Waals surface area (Å²) in [5.41, 5.74) is 1.84. The highest BCUT2D eigenvalue weighted by molar-refractivity contribution is 7.80. The largest absolute Gasteiger partial charge is 0.435 e. The molecule has 1 N–H and O–H groups in total. The number of hydrogen-bond acceptors (Lipinski definition) is 3. The lowest BCUT2D eigenvalue weighted by molar-refractivity contribution is -0.0498. The van der Waals surface area contributed by atoms with Crippen molar-refractivity contribution >= 4 is 23.0 Å². The van der Waals surface area contributed by atoms with Gasteiger partial charge in [0.1, 0.15) is 5.75 Å². The number of halogens is 2. The zero-order chi connectivity index (χ0) is 19.0. The van der Waals surface area contributed by atoms with Gasteiger partial charge in [-0.15, -0.1) is 0 Å². The molecule has 1 saturated heterocycles. The third-order valence-corrected chi connectivity index (χ3v) is 5.46. The monoisotopic (exact) mass is 391 g/mol. The molecule has 142 valence electrons. The van der Waals surface area contributed by atoms with Crippen molar-refractivity contribution in [3.8, 4) is 5.75 Å². The second-order valence-corrected chi connectivity index (χ2v) is 7.32. The number of anilines is 1. The van der Waals surface area contributed by atoms with E-state index in [2.05, 4.69) is 15.0 Å². The smallest absolute Gasteiger partial charge is 0.387 e. The number of benzene rings is 1. The van der Waals surface area contributed by atoms with Gasteiger partial charge in [0, 0.05) is 43.0 Å². The molecule has 27 heavy (non-hydrogen) atoms. The van der Waals surface area contributed by atoms with E-state index in [0.29, 0.717) is 23.3 Å². The Labute approximate surface area is 160 Å². The maximum atomic E-state index is 12.2. The van der Waals surface area contributed by atoms with Crippen LogP contribution >= 0.6 is 12.2 Å². The van der Waals surface area contributed by atoms with Crippen LogP contribution in [0.25, 0.3) is 0 Å². The Balaban J connectivity index is 1.44. The zero-order valence-electron chi connectivity index (χ0n) is 14.5. The van der Waals surface area contributed by atoms with E-state index in [1.807, 2.05) is 16.7 Å². The molecule has 0 saturated carbocycles. The fourth-order valence-corrected chi connectivity index (χ4v) is 4.25. The first-order valence-electron chi connectivity index (χ1n) is 8.80. The summed E-state index contributed by atoms with van der Waals surface area (Å²) < 4.78 is 30.7. The SMILES string of the molecule is O=c1cccc2n1C[C@@H]1C[C@H]2CN(C(=S)Nc2ccc(OC(F)F)cc2)C1. The average molecular weight is 391 g/mol. The molecule has 0 unspecified atom stereocenters. The van der Waals surface area contributed by atoms with E-state index in [1.54, 1.807) is 18.2 Å². The van der Waals surface area contributed by atoms with Crippen molar-refractivity contribution in [3.63, 3.8) is 0 Å². The van der Waals surface area contributed by atoms with E-state index < -0.39 is 6.61 Å². The fraction of sp³-hybridized carbons (Fsp3) is 0.368. The first kappa shape index (κ1) is 17.9. The number of thiocarbonyl (C=S) groups is 1. The number of rotatable bonds is 3. The van der Waals surface area contributed by atoms with E-state index >= 15 is 0 Å². The summed E-state index contributed by atoms with van der Waals surface area (Å²) in [6.07, 6.45) is 1.06. The number of fused-ring (bicyclic) bond motifs is 4. The molecule has 2 atom stereocenters. The van der Waals surface area contributed by atoms with Crippen LogP contribution in [0.4, 0.5) is 14.5 Å². The summed E-state index contributed by atoms with van der Waals surface area (Å²) in [7, 11) is 0. The van der Waals surface area contributed by atoms with Crippen LogP contribution in [-0.4, -0.2) is 34.3 Å². The van der Waals surface area contributed by atoms with Crippen molar-refractivity contribution in [3.05, 3.63) is 58.5 Å². The second kappa shape index (κ2) is 7.26. The van der Waals surface area contributed by atoms with Crippen molar-refractivity contribution in [2.24, 2.45) is 5.92 Å². The molecule has 0 radical (unpaired) electrons. The molecular weight excluding hydrogens is 372 g/mol. The molecule has 1 fully saturated rings. The molecule has 4 rings (SSSR count). The molecule has 5 nitrogen and oxygen atoms in total. The summed E-state index contributed by atoms with van der Waals surface area (Å²) in [5, 5.41) is 3.76. The molecule has 2 aromatic rings. The van der Waals surface area contributed by atoms with Crippen molar-refractivity contribution in [2.75, 3.05) is 18.4 Å². The summed E-state index contributed by atoms with van der Waals surface area (Å²) in [5.74, 6) is 0.752. The summed E-state index contributed by atoms with van der Waals surface area (Å²) in [4.78, 5) is 14.2. The van der Waals surface area contributed by atoms with Crippen LogP contribution in [-0.2, 0) is 6.54 Å². The first-order chi connectivity index (χ1) is 13.0. The molecule has 0 aliphatic carbocycles. The lowest BCUT2D eigenvalue weighted by Crippen LogP contribution is -2.50. The van der Waals surface area contributed by atoms with Gasteiger partial charge in [-0.1, -0.05) is 6.07 Å². The van der Waals surface area contributed by atoms with Gasteiger partial charge in [-0.05, 0) is 54.9 Å². The van der Waals surface area contributed by atoms with Crippen LogP contribution in [0.2, 0.25) is 0 Å². The summed E-state index contributed by atoms with van der Waals surface area (Å²) >= 11 is 5.56. The van der Waals surface area contributed by atoms with Crippen LogP contribution in [0.3, 0.4) is 0 Å². The van der Waals surface area contributed by atoms with Gasteiger partial charge < -0.3 is 19.5 Å². The van der Waals surface area contributed by atoms with Gasteiger partial charge in [0.2, 0.25) is 0 Å². The minimum absolute atomic E-state index is 0.0578. The standard InChI is InChI=1S/C19H19F2N3O2S/c20-18(21)26-15-6-4-14(5-7-15)22-19(27)23-9-12-8-13(11-23)16-2-1-3-17(25)24(16)10-12/h1-7,12-13,18H,8-11H2,(H,22,27)/t12-,13+/m1/s1. The highest BCUT2D eigenvalue weighted by Crippen LogP contribution is 2.35. The number of nitrogens with one attached hydrogen (secondary N) is 1. The number of pyridine rings is 1. The molecule has 2 aliphatic rings. The Morgan fingerprint density at radius 3 is 2.67 bits per heavy atom. The molecule has 3 heterocycles. The zero-order valence-corrected chi connectivity index (χ0v) is 15.3. The normalized spacial score (nSPS) is 20.9. The van der Waals surface area contributed by atoms with Crippen LogP contribution in [0, 0.1) is 5.92 Å². The third kappa shape index (κ3) is 3.80. The van der Waals surface area contributed by atoms with Crippen molar-refractivity contribution in [1.29, 1.82) is 0 Å². The highest BCUT2D eigenvalue weighted by atomic mass is 32.1. The molecule has 2 aliphatic heterocycles. The molecule has 1 aromatic heterocycles. The number of nitrogens with zero attached hydrogens (tertiary/aromatic N) is 2. The summed E-state index contributed by atoms with van der Waals surface area (Å²) in [6.45, 7) is -0.591. The molecule has 0 amide bonds. The predicted octanol–water partition coefficient (Wildman–Crippen LogP) is 3.27. The molecule has 0 spiro atoms. The van der Waals surface area contributed by atoms with Gasteiger partial charge in [-0.2, -0.15) is 8.78 Å². The number of likely N-dealkylation sites (tertiary alicyclic amines) is 1. The number of alkyl halides is 2. The van der Waals surface area contributed by atoms with Crippen LogP contribution in [0.5, 0.6) is 5.75 Å². The Morgan fingerprint density at radius 2 is 1.93 bits per heavy atom. The lowest BCUT2D eigenvalue weighted by atomic mass is 9.83. The topological polar surface area (TPSA) is 46.5 Å². The van der Waals surface area contributed by atoms with Crippen LogP contribution < -0.4 is 15.6 Å². The minimum Gasteiger partial charge on any atom is -0.435 e. The van der Waals surface area contributed by atoms with Crippen LogP contribution in [0.1, 0.15) is 18.0 Å². The molecule has 1 aromatic carbocycles. The maximum Gasteiger partial charge on any atom is 0.387 e. The fourth-order valence-electron chi connectivity index (χ4n) is 3.98. The van der Waals surface area contributed by atoms with Gasteiger partial charge in [0.15, 0.2) is 5.11 Å². The van der Waals surface area contributed by atoms with Gasteiger partial charge in [-0.25, -0.2) is 0 Å². The lowest BCUT2D eigenvalue weighted by Gasteiger charge is -2.43. The van der Waals surface area contributed by atoms with Gasteiger partial charge in [0.05, 0.1) is 0 Å². The Kier molecular flexibility index (Phi) is 4.82.